The van der Waals surface area contributed by atoms with E-state index >= 15 is 0 Å². The molecule has 1 heterocycles. The van der Waals surface area contributed by atoms with Gasteiger partial charge in [0.15, 0.2) is 0 Å². The molecule has 1 aliphatic rings. The van der Waals surface area contributed by atoms with E-state index in [1.54, 1.807) is 0 Å². The van der Waals surface area contributed by atoms with E-state index in [1.165, 1.54) is 44.9 Å². The Morgan fingerprint density at radius 3 is 2.80 bits per heavy atom. The van der Waals surface area contributed by atoms with Crippen molar-refractivity contribution < 1.29 is 4.74 Å². The number of unbranched alkanes of at least 4 members (excludes halogenated alkanes) is 1. The molecule has 15 heavy (non-hydrogen) atoms. The summed E-state index contributed by atoms with van der Waals surface area (Å²) in [7, 11) is 0. The maximum Gasteiger partial charge on any atom is 0.0590 e. The van der Waals surface area contributed by atoms with E-state index in [9.17, 15) is 0 Å². The van der Waals surface area contributed by atoms with Crippen molar-refractivity contribution in [2.24, 2.45) is 0 Å². The largest absolute Gasteiger partial charge is 0.378 e. The van der Waals surface area contributed by atoms with Crippen molar-refractivity contribution in [2.75, 3.05) is 13.2 Å². The predicted octanol–water partition coefficient (Wildman–Crippen LogP) is 3.11. The molecular weight excluding hydrogens is 186 g/mol. The first-order chi connectivity index (χ1) is 7.36. The van der Waals surface area contributed by atoms with Crippen LogP contribution in [0.15, 0.2) is 0 Å². The van der Waals surface area contributed by atoms with Crippen LogP contribution in [-0.2, 0) is 4.74 Å². The highest BCUT2D eigenvalue weighted by Crippen LogP contribution is 2.19. The lowest BCUT2D eigenvalue weighted by molar-refractivity contribution is 0.00470. The zero-order valence-corrected chi connectivity index (χ0v) is 10.4. The van der Waals surface area contributed by atoms with E-state index in [0.29, 0.717) is 12.1 Å². The molecule has 0 saturated carbocycles. The molecule has 0 amide bonds. The maximum atomic E-state index is 5.79. The average Bonchev–Trinajstić information content (AvgIpc) is 2.28. The molecular formula is C13H27NO. The molecule has 2 unspecified atom stereocenters. The standard InChI is InChI=1S/C13H27NO/c1-3-5-8-12(14-4-2)11-13-9-6-7-10-15-13/h12-14H,3-11H2,1-2H3. The van der Waals surface area contributed by atoms with Gasteiger partial charge in [0.1, 0.15) is 0 Å². The molecule has 1 rings (SSSR count). The van der Waals surface area contributed by atoms with Crippen LogP contribution in [0.3, 0.4) is 0 Å². The van der Waals surface area contributed by atoms with Gasteiger partial charge in [-0.25, -0.2) is 0 Å². The SMILES string of the molecule is CCCCC(CC1CCCCO1)NCC. The van der Waals surface area contributed by atoms with Gasteiger partial charge in [-0.2, -0.15) is 0 Å². The molecule has 2 heteroatoms. The Morgan fingerprint density at radius 1 is 1.33 bits per heavy atom. The van der Waals surface area contributed by atoms with Crippen LogP contribution in [0.1, 0.15) is 58.8 Å². The summed E-state index contributed by atoms with van der Waals surface area (Å²) in [6, 6.07) is 0.679. The van der Waals surface area contributed by atoms with Gasteiger partial charge < -0.3 is 10.1 Å². The Labute approximate surface area is 94.8 Å². The van der Waals surface area contributed by atoms with E-state index in [4.69, 9.17) is 4.74 Å². The third-order valence-electron chi connectivity index (χ3n) is 3.22. The summed E-state index contributed by atoms with van der Waals surface area (Å²) in [4.78, 5) is 0. The molecule has 0 aromatic heterocycles. The van der Waals surface area contributed by atoms with Crippen molar-refractivity contribution in [3.63, 3.8) is 0 Å². The predicted molar refractivity (Wildman–Crippen MR) is 65.2 cm³/mol. The van der Waals surface area contributed by atoms with Crippen molar-refractivity contribution in [1.82, 2.24) is 5.32 Å². The van der Waals surface area contributed by atoms with Crippen LogP contribution in [0.5, 0.6) is 0 Å². The Bertz CT molecular complexity index is 143. The third kappa shape index (κ3) is 5.53. The Kier molecular flexibility index (Phi) is 7.03. The molecule has 1 saturated heterocycles. The summed E-state index contributed by atoms with van der Waals surface area (Å²) in [6.07, 6.45) is 9.58. The fraction of sp³-hybridized carbons (Fsp3) is 1.00. The maximum absolute atomic E-state index is 5.79. The van der Waals surface area contributed by atoms with Crippen LogP contribution >= 0.6 is 0 Å². The van der Waals surface area contributed by atoms with Crippen LogP contribution in [0.4, 0.5) is 0 Å². The topological polar surface area (TPSA) is 21.3 Å². The lowest BCUT2D eigenvalue weighted by Gasteiger charge is -2.27. The van der Waals surface area contributed by atoms with Crippen molar-refractivity contribution in [3.05, 3.63) is 0 Å². The van der Waals surface area contributed by atoms with Crippen LogP contribution < -0.4 is 5.32 Å². The first-order valence-corrected chi connectivity index (χ1v) is 6.71. The molecule has 1 aliphatic heterocycles. The Balaban J connectivity index is 2.21. The number of hydrogen-bond acceptors (Lipinski definition) is 2. The molecule has 1 fully saturated rings. The minimum Gasteiger partial charge on any atom is -0.378 e. The van der Waals surface area contributed by atoms with Gasteiger partial charge in [0.2, 0.25) is 0 Å². The fourth-order valence-corrected chi connectivity index (χ4v) is 2.35. The number of ether oxygens (including phenoxy) is 1. The molecule has 0 bridgehead atoms. The zero-order chi connectivity index (χ0) is 10.9. The van der Waals surface area contributed by atoms with Crippen molar-refractivity contribution in [3.8, 4) is 0 Å². The number of nitrogens with one attached hydrogen (secondary N) is 1. The normalized spacial score (nSPS) is 24.0. The van der Waals surface area contributed by atoms with E-state index < -0.39 is 0 Å². The van der Waals surface area contributed by atoms with Crippen LogP contribution in [0.2, 0.25) is 0 Å². The van der Waals surface area contributed by atoms with E-state index in [2.05, 4.69) is 19.2 Å². The van der Waals surface area contributed by atoms with Crippen LogP contribution in [0.25, 0.3) is 0 Å². The minimum atomic E-state index is 0.527. The summed E-state index contributed by atoms with van der Waals surface area (Å²) < 4.78 is 5.79. The highest BCUT2D eigenvalue weighted by molar-refractivity contribution is 4.74. The Hall–Kier alpha value is -0.0800. The quantitative estimate of drug-likeness (QED) is 0.701. The smallest absolute Gasteiger partial charge is 0.0590 e. The zero-order valence-electron chi connectivity index (χ0n) is 10.4. The third-order valence-corrected chi connectivity index (χ3v) is 3.22. The van der Waals surface area contributed by atoms with Gasteiger partial charge in [-0.05, 0) is 38.6 Å². The highest BCUT2D eigenvalue weighted by Gasteiger charge is 2.18. The van der Waals surface area contributed by atoms with Gasteiger partial charge in [-0.15, -0.1) is 0 Å². The summed E-state index contributed by atoms with van der Waals surface area (Å²) in [5.74, 6) is 0. The monoisotopic (exact) mass is 213 g/mol. The number of hydrogen-bond donors (Lipinski definition) is 1. The van der Waals surface area contributed by atoms with Crippen molar-refractivity contribution >= 4 is 0 Å². The lowest BCUT2D eigenvalue weighted by atomic mass is 9.98. The van der Waals surface area contributed by atoms with Crippen molar-refractivity contribution in [2.45, 2.75) is 70.9 Å². The first kappa shape index (κ1) is 13.0. The van der Waals surface area contributed by atoms with E-state index in [0.717, 1.165) is 13.2 Å². The summed E-state index contributed by atoms with van der Waals surface area (Å²) >= 11 is 0. The molecule has 90 valence electrons. The minimum absolute atomic E-state index is 0.527. The summed E-state index contributed by atoms with van der Waals surface area (Å²) in [6.45, 7) is 6.53. The van der Waals surface area contributed by atoms with Crippen LogP contribution in [0, 0.1) is 0 Å². The second-order valence-electron chi connectivity index (χ2n) is 4.62. The van der Waals surface area contributed by atoms with Gasteiger partial charge in [0.25, 0.3) is 0 Å². The number of rotatable bonds is 7. The Morgan fingerprint density at radius 2 is 2.20 bits per heavy atom. The second-order valence-corrected chi connectivity index (χ2v) is 4.62. The molecule has 0 radical (unpaired) electrons. The second kappa shape index (κ2) is 8.12. The van der Waals surface area contributed by atoms with Gasteiger partial charge in [0.05, 0.1) is 6.10 Å². The van der Waals surface area contributed by atoms with Crippen LogP contribution in [-0.4, -0.2) is 25.3 Å². The molecule has 0 aromatic rings. The average molecular weight is 213 g/mol. The van der Waals surface area contributed by atoms with E-state index in [1.807, 2.05) is 0 Å². The highest BCUT2D eigenvalue weighted by atomic mass is 16.5. The van der Waals surface area contributed by atoms with Crippen molar-refractivity contribution in [1.29, 1.82) is 0 Å². The molecule has 0 spiro atoms. The molecule has 1 N–H and O–H groups in total. The van der Waals surface area contributed by atoms with Gasteiger partial charge in [-0.3, -0.25) is 0 Å². The van der Waals surface area contributed by atoms with Gasteiger partial charge >= 0.3 is 0 Å². The summed E-state index contributed by atoms with van der Waals surface area (Å²) in [5.41, 5.74) is 0. The summed E-state index contributed by atoms with van der Waals surface area (Å²) in [5, 5.41) is 3.58. The van der Waals surface area contributed by atoms with Gasteiger partial charge in [0, 0.05) is 12.6 Å². The molecule has 0 aliphatic carbocycles. The lowest BCUT2D eigenvalue weighted by Crippen LogP contribution is -2.34. The first-order valence-electron chi connectivity index (χ1n) is 6.71. The molecule has 2 atom stereocenters. The molecule has 2 nitrogen and oxygen atoms in total. The van der Waals surface area contributed by atoms with Gasteiger partial charge in [-0.1, -0.05) is 26.7 Å². The fourth-order valence-electron chi connectivity index (χ4n) is 2.35. The molecule has 0 aromatic carbocycles. The van der Waals surface area contributed by atoms with E-state index in [-0.39, 0.29) is 0 Å².